The molecule has 2 fully saturated rings. The minimum Gasteiger partial charge on any atom is -0.862 e. The number of nitrogens with zero attached hydrogens (tertiary/aromatic N) is 3. The fourth-order valence-electron chi connectivity index (χ4n) is 2.82. The molecule has 0 saturated heterocycles. The van der Waals surface area contributed by atoms with Crippen LogP contribution >= 0.6 is 0 Å². The van der Waals surface area contributed by atoms with E-state index in [-0.39, 0.29) is 28.9 Å². The molecule has 0 bridgehead atoms. The number of hydrogen-bond donors (Lipinski definition) is 3. The molecule has 0 aliphatic heterocycles. The predicted molar refractivity (Wildman–Crippen MR) is 123 cm³/mol. The van der Waals surface area contributed by atoms with E-state index >= 15 is 0 Å². The van der Waals surface area contributed by atoms with Crippen LogP contribution in [0.3, 0.4) is 0 Å². The summed E-state index contributed by atoms with van der Waals surface area (Å²) in [6.07, 6.45) is 19.1. The summed E-state index contributed by atoms with van der Waals surface area (Å²) in [7, 11) is 0. The standard InChI is InChI=1S/C18H34N6O2.C5H5.Fe/c19-7-9-22-17(25)5-12-24(13-6-18(26)23-10-8-20)14-11-21-15-16-3-1-2-4-16;1-2-4-5-3-1;/h1-4,16,21H,5-15,19-20H2,(H,22,25)(H,23,26);1-5H;/q;;+2/p-2. The predicted octanol–water partition coefficient (Wildman–Crippen LogP) is -1.44. The van der Waals surface area contributed by atoms with E-state index < -0.39 is 0 Å². The SMILES string of the molecule is NCCN=C([O-])CCN(CCNCC1[CH][CH][CH][CH]1)CCC([O-])=NCCN.[CH]1[CH][CH][CH][CH]1.[Fe+2]. The minimum atomic E-state index is -0.145. The largest absolute Gasteiger partial charge is 2.00 e. The Balaban J connectivity index is 0.00000140. The average Bonchev–Trinajstić information content (AvgIpc) is 3.52. The van der Waals surface area contributed by atoms with Crippen molar-refractivity contribution in [3.63, 3.8) is 0 Å². The third-order valence-electron chi connectivity index (χ3n) is 4.49. The van der Waals surface area contributed by atoms with Crippen molar-refractivity contribution in [1.82, 2.24) is 10.2 Å². The molecule has 0 spiro atoms. The third kappa shape index (κ3) is 17.8. The summed E-state index contributed by atoms with van der Waals surface area (Å²) in [5, 5.41) is 26.8. The molecule has 9 heteroatoms. The van der Waals surface area contributed by atoms with Crippen LogP contribution in [-0.2, 0) is 17.1 Å². The summed E-state index contributed by atoms with van der Waals surface area (Å²) in [6, 6.07) is 0. The molecular formula is C23H37FeN6O2. The maximum Gasteiger partial charge on any atom is 2.00 e. The van der Waals surface area contributed by atoms with Crippen molar-refractivity contribution in [1.29, 1.82) is 0 Å². The second-order valence-corrected chi connectivity index (χ2v) is 7.07. The van der Waals surface area contributed by atoms with E-state index in [1.165, 1.54) is 0 Å². The molecule has 0 unspecified atom stereocenters. The van der Waals surface area contributed by atoms with Crippen molar-refractivity contribution in [3.05, 3.63) is 57.8 Å². The maximum atomic E-state index is 11.7. The van der Waals surface area contributed by atoms with Crippen LogP contribution in [0.2, 0.25) is 0 Å². The van der Waals surface area contributed by atoms with Gasteiger partial charge in [-0.15, -0.1) is 0 Å². The van der Waals surface area contributed by atoms with Gasteiger partial charge in [-0.2, -0.15) is 0 Å². The van der Waals surface area contributed by atoms with E-state index in [9.17, 15) is 10.2 Å². The Bertz CT molecular complexity index is 449. The molecule has 5 N–H and O–H groups in total. The van der Waals surface area contributed by atoms with Crippen LogP contribution in [0.4, 0.5) is 0 Å². The molecule has 2 aliphatic carbocycles. The van der Waals surface area contributed by atoms with Gasteiger partial charge in [-0.05, 0) is 94.9 Å². The van der Waals surface area contributed by atoms with Gasteiger partial charge < -0.3 is 41.9 Å². The molecule has 8 nitrogen and oxygen atoms in total. The number of hydrogen-bond acceptors (Lipinski definition) is 8. The number of rotatable bonds is 15. The first kappa shape index (κ1) is 31.3. The minimum absolute atomic E-state index is 0. The third-order valence-corrected chi connectivity index (χ3v) is 4.49. The first-order valence-corrected chi connectivity index (χ1v) is 10.9. The Morgan fingerprint density at radius 1 is 0.781 bits per heavy atom. The first-order chi connectivity index (χ1) is 15.2. The normalized spacial score (nSPS) is 17.3. The van der Waals surface area contributed by atoms with Gasteiger partial charge in [-0.3, -0.25) is 0 Å². The molecule has 2 saturated carbocycles. The summed E-state index contributed by atoms with van der Waals surface area (Å²) >= 11 is 0. The molecule has 2 aliphatic rings. The fourth-order valence-corrected chi connectivity index (χ4v) is 2.82. The van der Waals surface area contributed by atoms with E-state index in [1.54, 1.807) is 0 Å². The van der Waals surface area contributed by atoms with Crippen molar-refractivity contribution in [2.75, 3.05) is 58.9 Å². The van der Waals surface area contributed by atoms with E-state index in [2.05, 4.69) is 33.0 Å². The van der Waals surface area contributed by atoms with Crippen LogP contribution in [0.15, 0.2) is 9.98 Å². The molecule has 0 heterocycles. The molecule has 0 aromatic heterocycles. The van der Waals surface area contributed by atoms with Gasteiger partial charge in [0, 0.05) is 39.3 Å². The molecule has 0 aromatic carbocycles. The van der Waals surface area contributed by atoms with Crippen molar-refractivity contribution < 1.29 is 27.3 Å². The van der Waals surface area contributed by atoms with Gasteiger partial charge >= 0.3 is 17.1 Å². The Kier molecular flexibility index (Phi) is 21.6. The number of nitrogens with two attached hydrogens (primary N) is 2. The van der Waals surface area contributed by atoms with Crippen molar-refractivity contribution in [3.8, 4) is 0 Å². The van der Waals surface area contributed by atoms with Gasteiger partial charge in [0.05, 0.1) is 13.1 Å². The summed E-state index contributed by atoms with van der Waals surface area (Å²) in [4.78, 5) is 9.85. The number of aliphatic imine (C=N–C) groups is 2. The Morgan fingerprint density at radius 2 is 1.25 bits per heavy atom. The molecule has 2 rings (SSSR count). The molecule has 179 valence electrons. The second kappa shape index (κ2) is 22.1. The summed E-state index contributed by atoms with van der Waals surface area (Å²) < 4.78 is 0. The van der Waals surface area contributed by atoms with E-state index in [1.807, 2.05) is 44.9 Å². The van der Waals surface area contributed by atoms with Gasteiger partial charge in [0.25, 0.3) is 0 Å². The van der Waals surface area contributed by atoms with E-state index in [0.29, 0.717) is 58.0 Å². The average molecular weight is 485 g/mol. The van der Waals surface area contributed by atoms with Gasteiger partial charge in [-0.25, -0.2) is 0 Å². The quantitative estimate of drug-likeness (QED) is 0.112. The van der Waals surface area contributed by atoms with Crippen LogP contribution in [0.25, 0.3) is 0 Å². The van der Waals surface area contributed by atoms with Crippen molar-refractivity contribution in [2.24, 2.45) is 27.4 Å². The van der Waals surface area contributed by atoms with Gasteiger partial charge in [0.2, 0.25) is 0 Å². The van der Waals surface area contributed by atoms with Crippen molar-refractivity contribution in [2.45, 2.75) is 12.8 Å². The zero-order valence-electron chi connectivity index (χ0n) is 18.7. The number of nitrogens with one attached hydrogen (secondary N) is 1. The van der Waals surface area contributed by atoms with Crippen LogP contribution in [0.1, 0.15) is 12.8 Å². The smallest absolute Gasteiger partial charge is 0.862 e. The van der Waals surface area contributed by atoms with E-state index in [4.69, 9.17) is 11.5 Å². The van der Waals surface area contributed by atoms with Crippen LogP contribution < -0.4 is 27.0 Å². The molecule has 0 amide bonds. The van der Waals surface area contributed by atoms with Crippen LogP contribution in [0, 0.1) is 63.7 Å². The molecule has 9 radical (unpaired) electrons. The zero-order chi connectivity index (χ0) is 22.6. The monoisotopic (exact) mass is 485 g/mol. The first-order valence-electron chi connectivity index (χ1n) is 10.9. The zero-order valence-corrected chi connectivity index (χ0v) is 19.8. The summed E-state index contributed by atoms with van der Waals surface area (Å²) in [6.45, 7) is 5.05. The van der Waals surface area contributed by atoms with Gasteiger partial charge in [0.15, 0.2) is 0 Å². The maximum absolute atomic E-state index is 11.7. The fraction of sp³-hybridized carbons (Fsp3) is 0.522. The van der Waals surface area contributed by atoms with Crippen LogP contribution in [0.5, 0.6) is 0 Å². The summed E-state index contributed by atoms with van der Waals surface area (Å²) in [5.74, 6) is 0.152. The molecular weight excluding hydrogens is 448 g/mol. The van der Waals surface area contributed by atoms with E-state index in [0.717, 1.165) is 19.6 Å². The molecule has 32 heavy (non-hydrogen) atoms. The molecule has 0 aromatic rings. The second-order valence-electron chi connectivity index (χ2n) is 7.07. The summed E-state index contributed by atoms with van der Waals surface area (Å²) in [5.41, 5.74) is 10.7. The van der Waals surface area contributed by atoms with Gasteiger partial charge in [0.1, 0.15) is 0 Å². The topological polar surface area (TPSA) is 138 Å². The Hall–Kier alpha value is -0.701. The molecule has 0 atom stereocenters. The van der Waals surface area contributed by atoms with Crippen molar-refractivity contribution >= 4 is 11.8 Å². The van der Waals surface area contributed by atoms with Gasteiger partial charge in [-0.1, -0.05) is 0 Å². The Labute approximate surface area is 206 Å². The Morgan fingerprint density at radius 3 is 1.69 bits per heavy atom. The van der Waals surface area contributed by atoms with Crippen LogP contribution in [-0.4, -0.2) is 75.6 Å².